The van der Waals surface area contributed by atoms with Crippen LogP contribution in [0, 0.1) is 0 Å². The molecule has 0 bridgehead atoms. The number of rotatable bonds is 3. The Balaban J connectivity index is 2.66. The van der Waals surface area contributed by atoms with Crippen LogP contribution in [0.5, 0.6) is 0 Å². The summed E-state index contributed by atoms with van der Waals surface area (Å²) in [6.45, 7) is 0.484. The SMILES string of the molecule is CNc1nnc(COC)c2ccccc12. The number of benzene rings is 1. The summed E-state index contributed by atoms with van der Waals surface area (Å²) >= 11 is 0. The van der Waals surface area contributed by atoms with Crippen LogP contribution in [0.4, 0.5) is 5.82 Å². The third-order valence-corrected chi connectivity index (χ3v) is 2.28. The van der Waals surface area contributed by atoms with E-state index in [4.69, 9.17) is 4.74 Å². The Morgan fingerprint density at radius 1 is 1.20 bits per heavy atom. The Labute approximate surface area is 88.3 Å². The quantitative estimate of drug-likeness (QED) is 0.826. The fourth-order valence-electron chi connectivity index (χ4n) is 1.59. The third kappa shape index (κ3) is 1.76. The monoisotopic (exact) mass is 203 g/mol. The number of nitrogens with zero attached hydrogens (tertiary/aromatic N) is 2. The van der Waals surface area contributed by atoms with E-state index in [0.29, 0.717) is 6.61 Å². The number of anilines is 1. The molecule has 1 aromatic heterocycles. The summed E-state index contributed by atoms with van der Waals surface area (Å²) in [6, 6.07) is 8.03. The summed E-state index contributed by atoms with van der Waals surface area (Å²) in [6.07, 6.45) is 0. The molecule has 0 atom stereocenters. The zero-order valence-electron chi connectivity index (χ0n) is 8.82. The van der Waals surface area contributed by atoms with Gasteiger partial charge in [-0.1, -0.05) is 24.3 Å². The van der Waals surface area contributed by atoms with Crippen molar-refractivity contribution < 1.29 is 4.74 Å². The lowest BCUT2D eigenvalue weighted by Crippen LogP contribution is -2.01. The molecule has 0 saturated carbocycles. The minimum Gasteiger partial charge on any atom is -0.378 e. The van der Waals surface area contributed by atoms with Crippen molar-refractivity contribution in [2.45, 2.75) is 6.61 Å². The molecule has 0 unspecified atom stereocenters. The molecule has 0 saturated heterocycles. The lowest BCUT2D eigenvalue weighted by atomic mass is 10.1. The van der Waals surface area contributed by atoms with Gasteiger partial charge in [0, 0.05) is 24.9 Å². The number of methoxy groups -OCH3 is 1. The molecule has 0 amide bonds. The molecule has 15 heavy (non-hydrogen) atoms. The van der Waals surface area contributed by atoms with Crippen molar-refractivity contribution in [3.8, 4) is 0 Å². The van der Waals surface area contributed by atoms with E-state index >= 15 is 0 Å². The van der Waals surface area contributed by atoms with Gasteiger partial charge in [0.15, 0.2) is 5.82 Å². The first-order valence-electron chi connectivity index (χ1n) is 4.78. The second kappa shape index (κ2) is 4.23. The van der Waals surface area contributed by atoms with E-state index in [-0.39, 0.29) is 0 Å². The van der Waals surface area contributed by atoms with Gasteiger partial charge < -0.3 is 10.1 Å². The first-order valence-corrected chi connectivity index (χ1v) is 4.78. The average Bonchev–Trinajstić information content (AvgIpc) is 2.30. The minimum absolute atomic E-state index is 0.484. The molecule has 0 radical (unpaired) electrons. The number of aromatic nitrogens is 2. The van der Waals surface area contributed by atoms with Crippen molar-refractivity contribution in [2.24, 2.45) is 0 Å². The van der Waals surface area contributed by atoms with E-state index in [0.717, 1.165) is 22.3 Å². The topological polar surface area (TPSA) is 47.0 Å². The lowest BCUT2D eigenvalue weighted by molar-refractivity contribution is 0.182. The van der Waals surface area contributed by atoms with Gasteiger partial charge in [-0.05, 0) is 0 Å². The number of hydrogen-bond donors (Lipinski definition) is 1. The summed E-state index contributed by atoms with van der Waals surface area (Å²) in [4.78, 5) is 0. The van der Waals surface area contributed by atoms with Gasteiger partial charge in [0.05, 0.1) is 12.3 Å². The maximum atomic E-state index is 5.09. The molecule has 0 aliphatic rings. The first-order chi connectivity index (χ1) is 7.36. The molecule has 1 N–H and O–H groups in total. The fraction of sp³-hybridized carbons (Fsp3) is 0.273. The largest absolute Gasteiger partial charge is 0.378 e. The van der Waals surface area contributed by atoms with Gasteiger partial charge in [-0.25, -0.2) is 0 Å². The van der Waals surface area contributed by atoms with E-state index in [1.54, 1.807) is 7.11 Å². The second-order valence-corrected chi connectivity index (χ2v) is 3.22. The van der Waals surface area contributed by atoms with Crippen LogP contribution in [0.3, 0.4) is 0 Å². The van der Waals surface area contributed by atoms with Gasteiger partial charge in [-0.3, -0.25) is 0 Å². The van der Waals surface area contributed by atoms with Crippen LogP contribution in [0.15, 0.2) is 24.3 Å². The highest BCUT2D eigenvalue weighted by Gasteiger charge is 2.06. The molecule has 0 fully saturated rings. The van der Waals surface area contributed by atoms with Crippen molar-refractivity contribution in [1.82, 2.24) is 10.2 Å². The smallest absolute Gasteiger partial charge is 0.156 e. The Hall–Kier alpha value is -1.68. The van der Waals surface area contributed by atoms with Crippen LogP contribution in [-0.4, -0.2) is 24.4 Å². The molecule has 2 rings (SSSR count). The predicted molar refractivity (Wildman–Crippen MR) is 59.8 cm³/mol. The number of fused-ring (bicyclic) bond motifs is 1. The highest BCUT2D eigenvalue weighted by atomic mass is 16.5. The Morgan fingerprint density at radius 3 is 2.60 bits per heavy atom. The summed E-state index contributed by atoms with van der Waals surface area (Å²) < 4.78 is 5.09. The van der Waals surface area contributed by atoms with Gasteiger partial charge in [0.25, 0.3) is 0 Å². The number of ether oxygens (including phenoxy) is 1. The van der Waals surface area contributed by atoms with E-state index in [1.165, 1.54) is 0 Å². The molecule has 78 valence electrons. The number of nitrogens with one attached hydrogen (secondary N) is 1. The predicted octanol–water partition coefficient (Wildman–Crippen LogP) is 1.82. The molecule has 1 heterocycles. The Bertz CT molecular complexity index is 470. The van der Waals surface area contributed by atoms with Gasteiger partial charge in [0.1, 0.15) is 0 Å². The molecule has 0 aliphatic heterocycles. The van der Waals surface area contributed by atoms with Crippen LogP contribution in [-0.2, 0) is 11.3 Å². The van der Waals surface area contributed by atoms with Crippen molar-refractivity contribution in [1.29, 1.82) is 0 Å². The van der Waals surface area contributed by atoms with Crippen LogP contribution >= 0.6 is 0 Å². The zero-order chi connectivity index (χ0) is 10.7. The lowest BCUT2D eigenvalue weighted by Gasteiger charge is -2.07. The second-order valence-electron chi connectivity index (χ2n) is 3.22. The van der Waals surface area contributed by atoms with Crippen molar-refractivity contribution in [2.75, 3.05) is 19.5 Å². The highest BCUT2D eigenvalue weighted by molar-refractivity contribution is 5.92. The van der Waals surface area contributed by atoms with Gasteiger partial charge >= 0.3 is 0 Å². The molecule has 0 spiro atoms. The third-order valence-electron chi connectivity index (χ3n) is 2.28. The molecule has 1 aromatic carbocycles. The summed E-state index contributed by atoms with van der Waals surface area (Å²) in [5.41, 5.74) is 0.868. The van der Waals surface area contributed by atoms with Crippen LogP contribution in [0.1, 0.15) is 5.69 Å². The zero-order valence-corrected chi connectivity index (χ0v) is 8.82. The molecule has 0 aliphatic carbocycles. The van der Waals surface area contributed by atoms with E-state index in [1.807, 2.05) is 31.3 Å². The molecule has 4 nitrogen and oxygen atoms in total. The maximum absolute atomic E-state index is 5.09. The van der Waals surface area contributed by atoms with E-state index < -0.39 is 0 Å². The summed E-state index contributed by atoms with van der Waals surface area (Å²) in [5, 5.41) is 13.4. The van der Waals surface area contributed by atoms with Crippen LogP contribution < -0.4 is 5.32 Å². The summed E-state index contributed by atoms with van der Waals surface area (Å²) in [5.74, 6) is 0.797. The molecule has 4 heteroatoms. The van der Waals surface area contributed by atoms with Gasteiger partial charge in [-0.15, -0.1) is 5.10 Å². The first kappa shape index (κ1) is 9.86. The Morgan fingerprint density at radius 2 is 1.93 bits per heavy atom. The van der Waals surface area contributed by atoms with Crippen molar-refractivity contribution >= 4 is 16.6 Å². The summed E-state index contributed by atoms with van der Waals surface area (Å²) in [7, 11) is 3.49. The van der Waals surface area contributed by atoms with E-state index in [2.05, 4.69) is 15.5 Å². The van der Waals surface area contributed by atoms with Crippen molar-refractivity contribution in [3.63, 3.8) is 0 Å². The van der Waals surface area contributed by atoms with E-state index in [9.17, 15) is 0 Å². The number of hydrogen-bond acceptors (Lipinski definition) is 4. The normalized spacial score (nSPS) is 10.5. The van der Waals surface area contributed by atoms with Crippen LogP contribution in [0.2, 0.25) is 0 Å². The standard InChI is InChI=1S/C11H13N3O/c1-12-11-9-6-4-3-5-8(9)10(7-15-2)13-14-11/h3-6H,7H2,1-2H3,(H,12,14). The molecular weight excluding hydrogens is 190 g/mol. The molecule has 2 aromatic rings. The van der Waals surface area contributed by atoms with Gasteiger partial charge in [0.2, 0.25) is 0 Å². The average molecular weight is 203 g/mol. The highest BCUT2D eigenvalue weighted by Crippen LogP contribution is 2.22. The van der Waals surface area contributed by atoms with Crippen LogP contribution in [0.25, 0.3) is 10.8 Å². The molecular formula is C11H13N3O. The maximum Gasteiger partial charge on any atom is 0.156 e. The van der Waals surface area contributed by atoms with Crippen molar-refractivity contribution in [3.05, 3.63) is 30.0 Å². The fourth-order valence-corrected chi connectivity index (χ4v) is 1.59. The van der Waals surface area contributed by atoms with Gasteiger partial charge in [-0.2, -0.15) is 5.10 Å². The minimum atomic E-state index is 0.484. The Kier molecular flexibility index (Phi) is 2.78.